The van der Waals surface area contributed by atoms with Gasteiger partial charge in [-0.05, 0) is 12.0 Å². The molecule has 1 aliphatic rings. The lowest BCUT2D eigenvalue weighted by molar-refractivity contribution is 0.207. The van der Waals surface area contributed by atoms with Crippen molar-refractivity contribution in [1.82, 2.24) is 0 Å². The van der Waals surface area contributed by atoms with Gasteiger partial charge >= 0.3 is 0 Å². The Morgan fingerprint density at radius 3 is 3.00 bits per heavy atom. The summed E-state index contributed by atoms with van der Waals surface area (Å²) >= 11 is 0. The van der Waals surface area contributed by atoms with Gasteiger partial charge in [0.25, 0.3) is 0 Å². The molecule has 1 heterocycles. The predicted molar refractivity (Wildman–Crippen MR) is 29.2 cm³/mol. The van der Waals surface area contributed by atoms with Crippen LogP contribution in [0.2, 0.25) is 0 Å². The highest BCUT2D eigenvalue weighted by molar-refractivity contribution is 5.05. The third-order valence-corrected chi connectivity index (χ3v) is 1.23. The molecular formula is C6H10O. The normalized spacial score (nSPS) is 19.9. The molecule has 1 aliphatic heterocycles. The van der Waals surface area contributed by atoms with Gasteiger partial charge in [-0.3, -0.25) is 0 Å². The molecule has 0 unspecified atom stereocenters. The highest BCUT2D eigenvalue weighted by Crippen LogP contribution is 2.06. The summed E-state index contributed by atoms with van der Waals surface area (Å²) in [6.07, 6.45) is 3.31. The minimum atomic E-state index is 0.836. The molecule has 0 spiro atoms. The molecule has 1 rings (SSSR count). The molecule has 0 aliphatic carbocycles. The van der Waals surface area contributed by atoms with Crippen LogP contribution in [0.3, 0.4) is 0 Å². The number of ether oxygens (including phenoxy) is 1. The van der Waals surface area contributed by atoms with Crippen LogP contribution in [0, 0.1) is 0 Å². The quantitative estimate of drug-likeness (QED) is 0.450. The van der Waals surface area contributed by atoms with Crippen LogP contribution in [-0.2, 0) is 4.74 Å². The minimum absolute atomic E-state index is 0.836. The summed E-state index contributed by atoms with van der Waals surface area (Å²) in [5, 5.41) is 0. The Kier molecular flexibility index (Phi) is 1.47. The van der Waals surface area contributed by atoms with E-state index in [1.807, 2.05) is 0 Å². The van der Waals surface area contributed by atoms with E-state index in [1.54, 1.807) is 0 Å². The van der Waals surface area contributed by atoms with Crippen molar-refractivity contribution in [2.24, 2.45) is 0 Å². The first-order valence-electron chi connectivity index (χ1n) is 2.69. The molecule has 0 atom stereocenters. The van der Waals surface area contributed by atoms with Gasteiger partial charge in [0, 0.05) is 0 Å². The first-order chi connectivity index (χ1) is 3.43. The molecule has 0 saturated carbocycles. The van der Waals surface area contributed by atoms with Crippen LogP contribution >= 0.6 is 0 Å². The van der Waals surface area contributed by atoms with Gasteiger partial charge in [0.1, 0.15) is 0 Å². The van der Waals surface area contributed by atoms with Crippen molar-refractivity contribution < 1.29 is 4.74 Å². The fraction of sp³-hybridized carbons (Fsp3) is 0.667. The van der Waals surface area contributed by atoms with E-state index >= 15 is 0 Å². The van der Waals surface area contributed by atoms with Crippen LogP contribution in [0.4, 0.5) is 0 Å². The largest absolute Gasteiger partial charge is 0.373 e. The Labute approximate surface area is 44.0 Å². The Hall–Kier alpha value is -0.300. The van der Waals surface area contributed by atoms with Gasteiger partial charge in [-0.2, -0.15) is 0 Å². The van der Waals surface area contributed by atoms with Crippen molar-refractivity contribution in [2.75, 3.05) is 13.2 Å². The lowest BCUT2D eigenvalue weighted by Crippen LogP contribution is -1.83. The molecule has 0 radical (unpaired) electrons. The third-order valence-electron chi connectivity index (χ3n) is 1.23. The monoisotopic (exact) mass is 98.1 g/mol. The molecule has 0 N–H and O–H groups in total. The molecule has 0 saturated heterocycles. The van der Waals surface area contributed by atoms with E-state index in [0.29, 0.717) is 0 Å². The maximum atomic E-state index is 5.06. The van der Waals surface area contributed by atoms with Crippen molar-refractivity contribution in [2.45, 2.75) is 13.3 Å². The first-order valence-corrected chi connectivity index (χ1v) is 2.69. The van der Waals surface area contributed by atoms with E-state index in [-0.39, 0.29) is 0 Å². The van der Waals surface area contributed by atoms with Gasteiger partial charge in [-0.15, -0.1) is 0 Å². The fourth-order valence-electron chi connectivity index (χ4n) is 0.672. The Morgan fingerprint density at radius 1 is 1.86 bits per heavy atom. The van der Waals surface area contributed by atoms with Crippen molar-refractivity contribution >= 4 is 0 Å². The van der Waals surface area contributed by atoms with E-state index in [2.05, 4.69) is 13.0 Å². The van der Waals surface area contributed by atoms with Crippen LogP contribution in [-0.4, -0.2) is 13.2 Å². The second-order valence-electron chi connectivity index (χ2n) is 1.73. The van der Waals surface area contributed by atoms with Gasteiger partial charge in [0.15, 0.2) is 0 Å². The third kappa shape index (κ3) is 1.03. The summed E-state index contributed by atoms with van der Waals surface area (Å²) in [6, 6.07) is 0. The first kappa shape index (κ1) is 4.85. The number of rotatable bonds is 1. The molecule has 0 aromatic heterocycles. The standard InChI is InChI=1S/C6H10O/c1-2-6-3-4-7-5-6/h3H,2,4-5H2,1H3. The summed E-state index contributed by atoms with van der Waals surface area (Å²) in [5.74, 6) is 0. The Balaban J connectivity index is 2.36. The van der Waals surface area contributed by atoms with Gasteiger partial charge in [-0.1, -0.05) is 13.0 Å². The van der Waals surface area contributed by atoms with E-state index < -0.39 is 0 Å². The van der Waals surface area contributed by atoms with Crippen molar-refractivity contribution in [3.05, 3.63) is 11.6 Å². The average Bonchev–Trinajstić information content (AvgIpc) is 2.14. The average molecular weight is 98.1 g/mol. The van der Waals surface area contributed by atoms with E-state index in [1.165, 1.54) is 5.57 Å². The molecule has 0 bridgehead atoms. The summed E-state index contributed by atoms with van der Waals surface area (Å²) in [7, 11) is 0. The van der Waals surface area contributed by atoms with E-state index in [9.17, 15) is 0 Å². The molecular weight excluding hydrogens is 88.1 g/mol. The van der Waals surface area contributed by atoms with Gasteiger partial charge < -0.3 is 4.74 Å². The molecule has 1 nitrogen and oxygen atoms in total. The zero-order chi connectivity index (χ0) is 5.11. The number of hydrogen-bond donors (Lipinski definition) is 0. The maximum Gasteiger partial charge on any atom is 0.0681 e. The zero-order valence-electron chi connectivity index (χ0n) is 4.61. The summed E-state index contributed by atoms with van der Waals surface area (Å²) in [5.41, 5.74) is 1.44. The predicted octanol–water partition coefficient (Wildman–Crippen LogP) is 1.35. The fourth-order valence-corrected chi connectivity index (χ4v) is 0.672. The van der Waals surface area contributed by atoms with Crippen molar-refractivity contribution in [1.29, 1.82) is 0 Å². The molecule has 0 amide bonds. The summed E-state index contributed by atoms with van der Waals surface area (Å²) < 4.78 is 5.06. The summed E-state index contributed by atoms with van der Waals surface area (Å²) in [6.45, 7) is 3.86. The molecule has 0 aromatic rings. The van der Waals surface area contributed by atoms with Crippen LogP contribution < -0.4 is 0 Å². The molecule has 1 heteroatoms. The SMILES string of the molecule is CCC1=CCOC1. The Morgan fingerprint density at radius 2 is 2.71 bits per heavy atom. The highest BCUT2D eigenvalue weighted by Gasteiger charge is 1.98. The van der Waals surface area contributed by atoms with Crippen LogP contribution in [0.1, 0.15) is 13.3 Å². The molecule has 0 aromatic carbocycles. The lowest BCUT2D eigenvalue weighted by Gasteiger charge is -1.89. The Bertz CT molecular complexity index is 84.2. The minimum Gasteiger partial charge on any atom is -0.373 e. The van der Waals surface area contributed by atoms with Crippen molar-refractivity contribution in [3.8, 4) is 0 Å². The highest BCUT2D eigenvalue weighted by atomic mass is 16.5. The van der Waals surface area contributed by atoms with Gasteiger partial charge in [-0.25, -0.2) is 0 Å². The lowest BCUT2D eigenvalue weighted by atomic mass is 10.2. The molecule has 7 heavy (non-hydrogen) atoms. The van der Waals surface area contributed by atoms with Gasteiger partial charge in [0.2, 0.25) is 0 Å². The smallest absolute Gasteiger partial charge is 0.0681 e. The van der Waals surface area contributed by atoms with E-state index in [4.69, 9.17) is 4.74 Å². The topological polar surface area (TPSA) is 9.23 Å². The van der Waals surface area contributed by atoms with Crippen LogP contribution in [0.25, 0.3) is 0 Å². The van der Waals surface area contributed by atoms with Crippen molar-refractivity contribution in [3.63, 3.8) is 0 Å². The second-order valence-corrected chi connectivity index (χ2v) is 1.73. The van der Waals surface area contributed by atoms with Crippen LogP contribution in [0.15, 0.2) is 11.6 Å². The second kappa shape index (κ2) is 2.12. The van der Waals surface area contributed by atoms with E-state index in [0.717, 1.165) is 19.6 Å². The summed E-state index contributed by atoms with van der Waals surface area (Å²) in [4.78, 5) is 0. The van der Waals surface area contributed by atoms with Gasteiger partial charge in [0.05, 0.1) is 13.2 Å². The zero-order valence-corrected chi connectivity index (χ0v) is 4.61. The van der Waals surface area contributed by atoms with Crippen LogP contribution in [0.5, 0.6) is 0 Å². The maximum absolute atomic E-state index is 5.06. The number of hydrogen-bond acceptors (Lipinski definition) is 1. The molecule has 0 fully saturated rings. The molecule has 40 valence electrons.